The summed E-state index contributed by atoms with van der Waals surface area (Å²) in [6.45, 7) is 0.245. The molecule has 0 aliphatic heterocycles. The number of nitrogens with zero attached hydrogens (tertiary/aromatic N) is 2. The van der Waals surface area contributed by atoms with Crippen molar-refractivity contribution in [3.63, 3.8) is 0 Å². The molecule has 0 amide bonds. The van der Waals surface area contributed by atoms with Crippen LogP contribution in [0.2, 0.25) is 5.02 Å². The number of hydrogen-bond acceptors (Lipinski definition) is 3. The number of benzene rings is 1. The lowest BCUT2D eigenvalue weighted by Gasteiger charge is -2.04. The number of hydrogen-bond donors (Lipinski definition) is 1. The van der Waals surface area contributed by atoms with Gasteiger partial charge in [0.15, 0.2) is 0 Å². The first-order chi connectivity index (χ1) is 8.56. The number of carboxylic acids is 1. The van der Waals surface area contributed by atoms with Crippen molar-refractivity contribution in [2.75, 3.05) is 0 Å². The Hall–Kier alpha value is -2.01. The van der Waals surface area contributed by atoms with E-state index >= 15 is 0 Å². The number of ether oxygens (including phenoxy) is 1. The first-order valence-corrected chi connectivity index (χ1v) is 5.58. The van der Waals surface area contributed by atoms with Gasteiger partial charge in [-0.15, -0.1) is 5.10 Å². The molecule has 2 rings (SSSR count). The van der Waals surface area contributed by atoms with Gasteiger partial charge in [-0.05, 0) is 17.7 Å². The van der Waals surface area contributed by atoms with Crippen molar-refractivity contribution in [1.29, 1.82) is 0 Å². The molecule has 0 aliphatic carbocycles. The van der Waals surface area contributed by atoms with E-state index in [2.05, 4.69) is 5.10 Å². The molecule has 5 nitrogen and oxygen atoms in total. The van der Waals surface area contributed by atoms with Gasteiger partial charge in [0.2, 0.25) is 5.88 Å². The molecule has 1 aromatic carbocycles. The smallest absolute Gasteiger partial charge is 0.342 e. The molecule has 0 fully saturated rings. The van der Waals surface area contributed by atoms with E-state index in [1.54, 1.807) is 19.2 Å². The molecule has 0 atom stereocenters. The highest BCUT2D eigenvalue weighted by atomic mass is 35.5. The number of carboxylic acid groups (broad SMARTS) is 1. The Morgan fingerprint density at radius 2 is 2.11 bits per heavy atom. The zero-order valence-electron chi connectivity index (χ0n) is 9.63. The predicted molar refractivity (Wildman–Crippen MR) is 66.0 cm³/mol. The van der Waals surface area contributed by atoms with Crippen LogP contribution in [0.4, 0.5) is 0 Å². The zero-order chi connectivity index (χ0) is 13.1. The zero-order valence-corrected chi connectivity index (χ0v) is 10.4. The lowest BCUT2D eigenvalue weighted by Crippen LogP contribution is -2.01. The fraction of sp³-hybridized carbons (Fsp3) is 0.167. The number of aryl methyl sites for hydroxylation is 1. The molecule has 2 aromatic rings. The van der Waals surface area contributed by atoms with Crippen molar-refractivity contribution >= 4 is 17.6 Å². The molecule has 1 N–H and O–H groups in total. The summed E-state index contributed by atoms with van der Waals surface area (Å²) in [4.78, 5) is 10.9. The molecule has 94 valence electrons. The van der Waals surface area contributed by atoms with Gasteiger partial charge < -0.3 is 9.84 Å². The largest absolute Gasteiger partial charge is 0.477 e. The normalized spacial score (nSPS) is 10.3. The third-order valence-corrected chi connectivity index (χ3v) is 2.57. The van der Waals surface area contributed by atoms with E-state index in [1.807, 2.05) is 12.1 Å². The summed E-state index contributed by atoms with van der Waals surface area (Å²) in [6, 6.07) is 7.12. The first-order valence-electron chi connectivity index (χ1n) is 5.20. The van der Waals surface area contributed by atoms with Gasteiger partial charge >= 0.3 is 5.97 Å². The van der Waals surface area contributed by atoms with Crippen molar-refractivity contribution < 1.29 is 14.6 Å². The number of carbonyl (C=O) groups is 1. The lowest BCUT2D eigenvalue weighted by molar-refractivity contribution is 0.0691. The molecule has 0 radical (unpaired) electrons. The van der Waals surface area contributed by atoms with Crippen LogP contribution >= 0.6 is 11.6 Å². The minimum absolute atomic E-state index is 0.0477. The van der Waals surface area contributed by atoms with Crippen LogP contribution in [0.25, 0.3) is 0 Å². The van der Waals surface area contributed by atoms with E-state index in [4.69, 9.17) is 21.4 Å². The van der Waals surface area contributed by atoms with Crippen molar-refractivity contribution in [3.05, 3.63) is 46.6 Å². The second kappa shape index (κ2) is 5.10. The molecule has 18 heavy (non-hydrogen) atoms. The van der Waals surface area contributed by atoms with Gasteiger partial charge in [-0.1, -0.05) is 23.7 Å². The number of aromatic nitrogens is 2. The van der Waals surface area contributed by atoms with Crippen LogP contribution in [0.1, 0.15) is 15.9 Å². The topological polar surface area (TPSA) is 64.4 Å². The fourth-order valence-electron chi connectivity index (χ4n) is 1.45. The Morgan fingerprint density at radius 1 is 1.44 bits per heavy atom. The van der Waals surface area contributed by atoms with Crippen LogP contribution in [-0.2, 0) is 13.7 Å². The summed E-state index contributed by atoms with van der Waals surface area (Å²) in [5.74, 6) is -0.950. The van der Waals surface area contributed by atoms with Gasteiger partial charge in [-0.25, -0.2) is 4.79 Å². The van der Waals surface area contributed by atoms with Gasteiger partial charge in [0.1, 0.15) is 12.2 Å². The van der Waals surface area contributed by atoms with Gasteiger partial charge in [0, 0.05) is 18.3 Å². The molecule has 0 spiro atoms. The summed E-state index contributed by atoms with van der Waals surface area (Å²) in [5.41, 5.74) is 0.938. The van der Waals surface area contributed by atoms with Crippen molar-refractivity contribution in [2.24, 2.45) is 7.05 Å². The Kier molecular flexibility index (Phi) is 3.53. The molecule has 0 bridgehead atoms. The first kappa shape index (κ1) is 12.4. The van der Waals surface area contributed by atoms with E-state index < -0.39 is 5.97 Å². The Morgan fingerprint density at radius 3 is 2.72 bits per heavy atom. The third kappa shape index (κ3) is 2.81. The number of aromatic carboxylic acids is 1. The standard InChI is InChI=1S/C12H11ClN2O3/c1-15-6-10(12(16)17)11(14-15)18-7-8-2-4-9(13)5-3-8/h2-6H,7H2,1H3,(H,16,17). The van der Waals surface area contributed by atoms with Gasteiger partial charge in [0.25, 0.3) is 0 Å². The quantitative estimate of drug-likeness (QED) is 0.923. The average Bonchev–Trinajstić information content (AvgIpc) is 2.70. The molecule has 6 heteroatoms. The second-order valence-electron chi connectivity index (χ2n) is 3.74. The van der Waals surface area contributed by atoms with Crippen molar-refractivity contribution in [1.82, 2.24) is 9.78 Å². The van der Waals surface area contributed by atoms with Gasteiger partial charge in [-0.2, -0.15) is 0 Å². The van der Waals surface area contributed by atoms with Crippen LogP contribution in [0.15, 0.2) is 30.5 Å². The van der Waals surface area contributed by atoms with Crippen molar-refractivity contribution in [2.45, 2.75) is 6.61 Å². The molecule has 0 saturated heterocycles. The Bertz CT molecular complexity index is 563. The van der Waals surface area contributed by atoms with Crippen LogP contribution in [0, 0.1) is 0 Å². The molecular formula is C12H11ClN2O3. The average molecular weight is 267 g/mol. The summed E-state index contributed by atoms with van der Waals surface area (Å²) in [6.07, 6.45) is 1.40. The number of halogens is 1. The second-order valence-corrected chi connectivity index (χ2v) is 4.18. The van der Waals surface area contributed by atoms with E-state index in [9.17, 15) is 4.79 Å². The SMILES string of the molecule is Cn1cc(C(=O)O)c(OCc2ccc(Cl)cc2)n1. The molecule has 1 aromatic heterocycles. The van der Waals surface area contributed by atoms with Gasteiger partial charge in [-0.3, -0.25) is 4.68 Å². The van der Waals surface area contributed by atoms with Crippen LogP contribution in [-0.4, -0.2) is 20.9 Å². The Balaban J connectivity index is 2.10. The minimum Gasteiger partial charge on any atom is -0.477 e. The molecule has 1 heterocycles. The van der Waals surface area contributed by atoms with E-state index in [0.717, 1.165) is 5.56 Å². The summed E-state index contributed by atoms with van der Waals surface area (Å²) < 4.78 is 6.79. The predicted octanol–water partition coefficient (Wildman–Crippen LogP) is 2.35. The molecule has 0 unspecified atom stereocenters. The highest BCUT2D eigenvalue weighted by Crippen LogP contribution is 2.17. The molecule has 0 aliphatic rings. The molecular weight excluding hydrogens is 256 g/mol. The summed E-state index contributed by atoms with van der Waals surface area (Å²) >= 11 is 5.76. The van der Waals surface area contributed by atoms with E-state index in [0.29, 0.717) is 5.02 Å². The maximum absolute atomic E-state index is 10.9. The monoisotopic (exact) mass is 266 g/mol. The summed E-state index contributed by atoms with van der Waals surface area (Å²) in [7, 11) is 1.64. The third-order valence-electron chi connectivity index (χ3n) is 2.31. The van der Waals surface area contributed by atoms with Crippen LogP contribution in [0.5, 0.6) is 5.88 Å². The molecule has 0 saturated carbocycles. The van der Waals surface area contributed by atoms with Crippen LogP contribution < -0.4 is 4.74 Å². The fourth-order valence-corrected chi connectivity index (χ4v) is 1.58. The van der Waals surface area contributed by atoms with Crippen LogP contribution in [0.3, 0.4) is 0 Å². The highest BCUT2D eigenvalue weighted by molar-refractivity contribution is 6.30. The Labute approximate surface area is 109 Å². The maximum Gasteiger partial charge on any atom is 0.342 e. The highest BCUT2D eigenvalue weighted by Gasteiger charge is 2.15. The maximum atomic E-state index is 10.9. The summed E-state index contributed by atoms with van der Waals surface area (Å²) in [5, 5.41) is 13.6. The van der Waals surface area contributed by atoms with Crippen molar-refractivity contribution in [3.8, 4) is 5.88 Å². The lowest BCUT2D eigenvalue weighted by atomic mass is 10.2. The minimum atomic E-state index is -1.06. The van der Waals surface area contributed by atoms with Gasteiger partial charge in [0.05, 0.1) is 0 Å². The number of rotatable bonds is 4. The van der Waals surface area contributed by atoms with E-state index in [1.165, 1.54) is 10.9 Å². The van der Waals surface area contributed by atoms with E-state index in [-0.39, 0.29) is 18.1 Å².